The number of hydrogen-bond acceptors (Lipinski definition) is 5. The second kappa shape index (κ2) is 13.4. The molecular formula is C33H38N4O3. The lowest BCUT2D eigenvalue weighted by molar-refractivity contribution is -0.135. The number of aryl methyl sites for hydroxylation is 1. The quantitative estimate of drug-likeness (QED) is 0.468. The number of rotatable bonds is 6. The van der Waals surface area contributed by atoms with E-state index in [1.54, 1.807) is 6.20 Å². The number of amides is 2. The molecule has 208 valence electrons. The van der Waals surface area contributed by atoms with E-state index in [0.717, 1.165) is 23.4 Å². The Hall–Kier alpha value is -3.97. The number of aromatic nitrogens is 1. The Morgan fingerprint density at radius 2 is 1.88 bits per heavy atom. The molecule has 5 rings (SSSR count). The fourth-order valence-corrected chi connectivity index (χ4v) is 5.60. The summed E-state index contributed by atoms with van der Waals surface area (Å²) in [7, 11) is 0. The number of fused-ring (bicyclic) bond motifs is 3. The summed E-state index contributed by atoms with van der Waals surface area (Å²) in [6, 6.07) is 22.1. The molecule has 40 heavy (non-hydrogen) atoms. The zero-order valence-corrected chi connectivity index (χ0v) is 23.2. The van der Waals surface area contributed by atoms with Gasteiger partial charge in [-0.1, -0.05) is 60.7 Å². The fraction of sp³-hybridized carbons (Fsp3) is 0.364. The number of nitrogens with one attached hydrogen (secondary N) is 1. The minimum atomic E-state index is 0.0151. The van der Waals surface area contributed by atoms with E-state index in [2.05, 4.69) is 52.5 Å². The molecule has 2 atom stereocenters. The lowest BCUT2D eigenvalue weighted by Crippen LogP contribution is -2.47. The smallest absolute Gasteiger partial charge is 0.236 e. The standard InChI is InChI=1S/C33H38N4O3/c1-25-9-2-3-10-27(25)21-36-22-29-11-4-5-14-31(29)40-18-8-12-28-23-37(33(39)24-36)17-15-26(28)19-32(38)35-20-30-13-6-7-16-34-30/h2-14,16,26,28H,15,17-24H2,1H3,(H,35,38)/b12-8-/t26-,28-/m0/s1. The number of benzene rings is 2. The Kier molecular flexibility index (Phi) is 9.24. The molecule has 0 radical (unpaired) electrons. The lowest BCUT2D eigenvalue weighted by atomic mass is 9.82. The average molecular weight is 539 g/mol. The van der Waals surface area contributed by atoms with Crippen LogP contribution in [0.2, 0.25) is 0 Å². The van der Waals surface area contributed by atoms with E-state index >= 15 is 0 Å². The van der Waals surface area contributed by atoms with Crippen molar-refractivity contribution in [2.75, 3.05) is 26.2 Å². The van der Waals surface area contributed by atoms with Gasteiger partial charge >= 0.3 is 0 Å². The summed E-state index contributed by atoms with van der Waals surface area (Å²) < 4.78 is 6.19. The lowest BCUT2D eigenvalue weighted by Gasteiger charge is -2.38. The van der Waals surface area contributed by atoms with Crippen LogP contribution in [0.3, 0.4) is 0 Å². The van der Waals surface area contributed by atoms with E-state index in [9.17, 15) is 9.59 Å². The van der Waals surface area contributed by atoms with E-state index in [-0.39, 0.29) is 23.7 Å². The summed E-state index contributed by atoms with van der Waals surface area (Å²) in [5.41, 5.74) is 4.34. The largest absolute Gasteiger partial charge is 0.489 e. The minimum absolute atomic E-state index is 0.0151. The van der Waals surface area contributed by atoms with Crippen molar-refractivity contribution in [3.05, 3.63) is 107 Å². The third-order valence-electron chi connectivity index (χ3n) is 7.90. The third-order valence-corrected chi connectivity index (χ3v) is 7.90. The van der Waals surface area contributed by atoms with E-state index in [1.807, 2.05) is 53.4 Å². The van der Waals surface area contributed by atoms with Gasteiger partial charge in [0.05, 0.1) is 18.8 Å². The maximum atomic E-state index is 13.7. The first-order valence-corrected chi connectivity index (χ1v) is 14.1. The number of piperidine rings is 1. The van der Waals surface area contributed by atoms with E-state index in [0.29, 0.717) is 52.3 Å². The van der Waals surface area contributed by atoms with Crippen LogP contribution in [0.15, 0.2) is 85.1 Å². The molecule has 3 heterocycles. The zero-order chi connectivity index (χ0) is 27.7. The van der Waals surface area contributed by atoms with Crippen molar-refractivity contribution in [3.63, 3.8) is 0 Å². The molecule has 1 aromatic heterocycles. The molecule has 7 heteroatoms. The molecule has 2 aliphatic heterocycles. The van der Waals surface area contributed by atoms with Gasteiger partial charge in [0.2, 0.25) is 11.8 Å². The first-order valence-electron chi connectivity index (χ1n) is 14.1. The monoisotopic (exact) mass is 538 g/mol. The van der Waals surface area contributed by atoms with Crippen molar-refractivity contribution < 1.29 is 14.3 Å². The number of hydrogen-bond donors (Lipinski definition) is 1. The molecular weight excluding hydrogens is 500 g/mol. The van der Waals surface area contributed by atoms with Gasteiger partial charge < -0.3 is 15.0 Å². The number of nitrogens with zero attached hydrogens (tertiary/aromatic N) is 3. The minimum Gasteiger partial charge on any atom is -0.489 e. The van der Waals surface area contributed by atoms with Crippen LogP contribution in [0.4, 0.5) is 0 Å². The average Bonchev–Trinajstić information content (AvgIpc) is 2.97. The summed E-state index contributed by atoms with van der Waals surface area (Å²) in [6.45, 7) is 5.87. The number of pyridine rings is 1. The molecule has 1 N–H and O–H groups in total. The molecule has 1 fully saturated rings. The van der Waals surface area contributed by atoms with Crippen LogP contribution in [0.5, 0.6) is 5.75 Å². The molecule has 2 aliphatic rings. The Balaban J connectivity index is 1.31. The van der Waals surface area contributed by atoms with Crippen LogP contribution in [0.25, 0.3) is 0 Å². The molecule has 7 nitrogen and oxygen atoms in total. The molecule has 2 aromatic carbocycles. The Bertz CT molecular complexity index is 1330. The van der Waals surface area contributed by atoms with Crippen molar-refractivity contribution in [1.82, 2.24) is 20.1 Å². The van der Waals surface area contributed by atoms with Crippen LogP contribution in [0, 0.1) is 18.8 Å². The number of carbonyl (C=O) groups excluding carboxylic acids is 2. The highest BCUT2D eigenvalue weighted by Crippen LogP contribution is 2.29. The summed E-state index contributed by atoms with van der Waals surface area (Å²) in [6.07, 6.45) is 7.12. The van der Waals surface area contributed by atoms with Gasteiger partial charge in [-0.3, -0.25) is 19.5 Å². The van der Waals surface area contributed by atoms with Crippen LogP contribution in [-0.2, 0) is 29.2 Å². The predicted molar refractivity (Wildman–Crippen MR) is 155 cm³/mol. The van der Waals surface area contributed by atoms with Crippen LogP contribution >= 0.6 is 0 Å². The summed E-state index contributed by atoms with van der Waals surface area (Å²) >= 11 is 0. The van der Waals surface area contributed by atoms with Crippen molar-refractivity contribution in [2.45, 2.75) is 39.4 Å². The van der Waals surface area contributed by atoms with Gasteiger partial charge in [0.15, 0.2) is 0 Å². The zero-order valence-electron chi connectivity index (χ0n) is 23.2. The van der Waals surface area contributed by atoms with E-state index in [4.69, 9.17) is 4.74 Å². The van der Waals surface area contributed by atoms with Crippen LogP contribution in [-0.4, -0.2) is 52.8 Å². The van der Waals surface area contributed by atoms with E-state index in [1.165, 1.54) is 11.1 Å². The van der Waals surface area contributed by atoms with Gasteiger partial charge in [-0.15, -0.1) is 0 Å². The number of ether oxygens (including phenoxy) is 1. The molecule has 1 saturated heterocycles. The van der Waals surface area contributed by atoms with Crippen molar-refractivity contribution >= 4 is 11.8 Å². The topological polar surface area (TPSA) is 74.8 Å². The SMILES string of the molecule is Cc1ccccc1CN1CC(=O)N2CC[C@@H](CC(=O)NCc3ccccn3)[C@@H](/C=C\COc3ccccc3C1)C2. The van der Waals surface area contributed by atoms with Gasteiger partial charge in [-0.2, -0.15) is 0 Å². The Morgan fingerprint density at radius 1 is 1.05 bits per heavy atom. The molecule has 0 spiro atoms. The second-order valence-corrected chi connectivity index (χ2v) is 10.8. The predicted octanol–water partition coefficient (Wildman–Crippen LogP) is 4.51. The summed E-state index contributed by atoms with van der Waals surface area (Å²) in [5, 5.41) is 3.01. The van der Waals surface area contributed by atoms with Crippen molar-refractivity contribution in [1.29, 1.82) is 0 Å². The van der Waals surface area contributed by atoms with Gasteiger partial charge in [0.25, 0.3) is 0 Å². The molecule has 0 unspecified atom stereocenters. The van der Waals surface area contributed by atoms with Gasteiger partial charge in [-0.25, -0.2) is 0 Å². The van der Waals surface area contributed by atoms with Gasteiger partial charge in [0.1, 0.15) is 12.4 Å². The highest BCUT2D eigenvalue weighted by Gasteiger charge is 2.32. The van der Waals surface area contributed by atoms with Gasteiger partial charge in [0, 0.05) is 44.4 Å². The van der Waals surface area contributed by atoms with Crippen molar-refractivity contribution in [3.8, 4) is 5.75 Å². The number of para-hydroxylation sites is 1. The van der Waals surface area contributed by atoms with Crippen molar-refractivity contribution in [2.24, 2.45) is 11.8 Å². The first-order chi connectivity index (χ1) is 19.5. The van der Waals surface area contributed by atoms with Gasteiger partial charge in [-0.05, 0) is 54.5 Å². The maximum Gasteiger partial charge on any atom is 0.236 e. The fourth-order valence-electron chi connectivity index (χ4n) is 5.60. The molecule has 3 aromatic rings. The normalized spacial score (nSPS) is 20.7. The molecule has 2 bridgehead atoms. The summed E-state index contributed by atoms with van der Waals surface area (Å²) in [4.78, 5) is 35.0. The van der Waals surface area contributed by atoms with Crippen LogP contribution in [0.1, 0.15) is 35.2 Å². The van der Waals surface area contributed by atoms with E-state index < -0.39 is 0 Å². The first kappa shape index (κ1) is 27.6. The molecule has 0 aliphatic carbocycles. The number of carbonyl (C=O) groups is 2. The summed E-state index contributed by atoms with van der Waals surface area (Å²) in [5.74, 6) is 1.22. The molecule has 0 saturated carbocycles. The van der Waals surface area contributed by atoms with Crippen LogP contribution < -0.4 is 10.1 Å². The highest BCUT2D eigenvalue weighted by atomic mass is 16.5. The Morgan fingerprint density at radius 3 is 2.73 bits per heavy atom. The maximum absolute atomic E-state index is 13.7. The third kappa shape index (κ3) is 7.36. The highest BCUT2D eigenvalue weighted by molar-refractivity contribution is 5.79. The Labute approximate surface area is 236 Å². The molecule has 2 amide bonds. The second-order valence-electron chi connectivity index (χ2n) is 10.8.